The molecule has 0 bridgehead atoms. The number of aromatic amines is 1. The summed E-state index contributed by atoms with van der Waals surface area (Å²) in [6.07, 6.45) is 6.94. The number of hydrogen-bond acceptors (Lipinski definition) is 4. The maximum absolute atomic E-state index is 12.1. The van der Waals surface area contributed by atoms with Crippen molar-refractivity contribution < 1.29 is 4.79 Å². The first-order valence-corrected chi connectivity index (χ1v) is 6.60. The number of aromatic nitrogens is 3. The van der Waals surface area contributed by atoms with Crippen LogP contribution in [0.1, 0.15) is 31.4 Å². The van der Waals surface area contributed by atoms with Gasteiger partial charge in [-0.05, 0) is 26.4 Å². The Morgan fingerprint density at radius 3 is 3.22 bits per heavy atom. The van der Waals surface area contributed by atoms with E-state index >= 15 is 0 Å². The number of carbonyl (C=O) groups excluding carboxylic acids is 1. The van der Waals surface area contributed by atoms with E-state index in [1.54, 1.807) is 6.20 Å². The zero-order valence-corrected chi connectivity index (χ0v) is 10.9. The van der Waals surface area contributed by atoms with Crippen LogP contribution in [0.15, 0.2) is 6.20 Å². The third-order valence-corrected chi connectivity index (χ3v) is 3.47. The van der Waals surface area contributed by atoms with Crippen molar-refractivity contribution in [3.63, 3.8) is 0 Å². The molecule has 0 aliphatic carbocycles. The molecular weight excluding hydrogens is 230 g/mol. The number of nitrogens with one attached hydrogen (secondary N) is 2. The summed E-state index contributed by atoms with van der Waals surface area (Å²) in [5, 5.41) is 13.2. The monoisotopic (exact) mass is 251 g/mol. The summed E-state index contributed by atoms with van der Waals surface area (Å²) in [4.78, 5) is 14.3. The van der Waals surface area contributed by atoms with Gasteiger partial charge in [0, 0.05) is 13.0 Å². The fourth-order valence-electron chi connectivity index (χ4n) is 2.36. The van der Waals surface area contributed by atoms with Crippen molar-refractivity contribution in [3.8, 4) is 0 Å². The maximum Gasteiger partial charge on any atom is 0.237 e. The minimum atomic E-state index is 0.0322. The fraction of sp³-hybridized carbons (Fsp3) is 0.750. The second kappa shape index (κ2) is 6.49. The van der Waals surface area contributed by atoms with Gasteiger partial charge in [0.2, 0.25) is 5.91 Å². The molecule has 1 amide bonds. The van der Waals surface area contributed by atoms with Gasteiger partial charge in [-0.15, -0.1) is 0 Å². The molecule has 1 atom stereocenters. The van der Waals surface area contributed by atoms with E-state index in [2.05, 4.69) is 25.6 Å². The summed E-state index contributed by atoms with van der Waals surface area (Å²) in [7, 11) is 2.03. The van der Waals surface area contributed by atoms with Crippen LogP contribution in [0.3, 0.4) is 0 Å². The molecule has 18 heavy (non-hydrogen) atoms. The van der Waals surface area contributed by atoms with Crippen LogP contribution in [0, 0.1) is 0 Å². The molecule has 1 unspecified atom stereocenters. The molecule has 1 fully saturated rings. The van der Waals surface area contributed by atoms with E-state index in [9.17, 15) is 4.79 Å². The lowest BCUT2D eigenvalue weighted by Crippen LogP contribution is -2.45. The van der Waals surface area contributed by atoms with E-state index in [1.807, 2.05) is 7.05 Å². The molecule has 100 valence electrons. The maximum atomic E-state index is 12.1. The van der Waals surface area contributed by atoms with Gasteiger partial charge in [0.15, 0.2) is 0 Å². The van der Waals surface area contributed by atoms with E-state index in [0.717, 1.165) is 31.5 Å². The Bertz CT molecular complexity index is 365. The normalized spacial score (nSPS) is 21.5. The Morgan fingerprint density at radius 1 is 1.56 bits per heavy atom. The predicted molar refractivity (Wildman–Crippen MR) is 68.0 cm³/mol. The van der Waals surface area contributed by atoms with Crippen LogP contribution in [-0.2, 0) is 11.2 Å². The summed E-state index contributed by atoms with van der Waals surface area (Å²) in [6.45, 7) is 1.64. The summed E-state index contributed by atoms with van der Waals surface area (Å²) < 4.78 is 0. The van der Waals surface area contributed by atoms with Crippen molar-refractivity contribution >= 4 is 5.91 Å². The van der Waals surface area contributed by atoms with Crippen LogP contribution in [0.25, 0.3) is 0 Å². The van der Waals surface area contributed by atoms with Crippen molar-refractivity contribution in [2.75, 3.05) is 20.1 Å². The van der Waals surface area contributed by atoms with E-state index in [4.69, 9.17) is 0 Å². The Balaban J connectivity index is 1.76. The van der Waals surface area contributed by atoms with Crippen molar-refractivity contribution in [1.29, 1.82) is 0 Å². The molecule has 1 aromatic rings. The average molecular weight is 251 g/mol. The molecule has 1 aromatic heterocycles. The number of hydrogen-bond donors (Lipinski definition) is 2. The Labute approximate surface area is 107 Å². The molecule has 2 N–H and O–H groups in total. The number of rotatable bonds is 4. The third kappa shape index (κ3) is 3.53. The van der Waals surface area contributed by atoms with Crippen molar-refractivity contribution in [3.05, 3.63) is 11.9 Å². The second-order valence-electron chi connectivity index (χ2n) is 4.85. The molecule has 0 saturated carbocycles. The van der Waals surface area contributed by atoms with Gasteiger partial charge in [-0.1, -0.05) is 12.8 Å². The molecule has 2 rings (SSSR count). The number of H-pyrrole nitrogens is 1. The highest BCUT2D eigenvalue weighted by atomic mass is 16.2. The molecule has 2 heterocycles. The van der Waals surface area contributed by atoms with Crippen molar-refractivity contribution in [2.24, 2.45) is 0 Å². The number of amides is 1. The molecule has 6 heteroatoms. The fourth-order valence-corrected chi connectivity index (χ4v) is 2.36. The third-order valence-electron chi connectivity index (χ3n) is 3.47. The van der Waals surface area contributed by atoms with Crippen LogP contribution >= 0.6 is 0 Å². The summed E-state index contributed by atoms with van der Waals surface area (Å²) in [5.41, 5.74) is 0.879. The quantitative estimate of drug-likeness (QED) is 0.809. The number of carbonyl (C=O) groups is 1. The van der Waals surface area contributed by atoms with Gasteiger partial charge < -0.3 is 5.32 Å². The highest BCUT2D eigenvalue weighted by Crippen LogP contribution is 2.14. The van der Waals surface area contributed by atoms with Gasteiger partial charge in [-0.3, -0.25) is 9.69 Å². The molecule has 0 spiro atoms. The van der Waals surface area contributed by atoms with Gasteiger partial charge in [0.1, 0.15) is 0 Å². The molecule has 1 saturated heterocycles. The Hall–Kier alpha value is -1.43. The van der Waals surface area contributed by atoms with E-state index < -0.39 is 0 Å². The van der Waals surface area contributed by atoms with Gasteiger partial charge in [-0.2, -0.15) is 15.4 Å². The van der Waals surface area contributed by atoms with Gasteiger partial charge >= 0.3 is 0 Å². The molecule has 0 radical (unpaired) electrons. The minimum Gasteiger partial charge on any atom is -0.354 e. The van der Waals surface area contributed by atoms with Crippen molar-refractivity contribution in [2.45, 2.75) is 38.1 Å². The Kier molecular flexibility index (Phi) is 4.69. The minimum absolute atomic E-state index is 0.0322. The number of likely N-dealkylation sites (tertiary alicyclic amines) is 1. The highest BCUT2D eigenvalue weighted by Gasteiger charge is 2.24. The van der Waals surface area contributed by atoms with Crippen LogP contribution in [0.4, 0.5) is 0 Å². The predicted octanol–water partition coefficient (Wildman–Crippen LogP) is 0.338. The van der Waals surface area contributed by atoms with Gasteiger partial charge in [-0.25, -0.2) is 0 Å². The molecule has 1 aliphatic rings. The SMILES string of the molecule is CN1CCCCCC1C(=O)NCCc1cn[nH]n1. The zero-order valence-electron chi connectivity index (χ0n) is 10.9. The first-order valence-electron chi connectivity index (χ1n) is 6.60. The smallest absolute Gasteiger partial charge is 0.237 e. The summed E-state index contributed by atoms with van der Waals surface area (Å²) in [5.74, 6) is 0.142. The first-order chi connectivity index (χ1) is 8.77. The second-order valence-corrected chi connectivity index (χ2v) is 4.85. The van der Waals surface area contributed by atoms with Gasteiger partial charge in [0.25, 0.3) is 0 Å². The zero-order chi connectivity index (χ0) is 12.8. The van der Waals surface area contributed by atoms with Gasteiger partial charge in [0.05, 0.1) is 17.9 Å². The Morgan fingerprint density at radius 2 is 2.44 bits per heavy atom. The topological polar surface area (TPSA) is 73.9 Å². The summed E-state index contributed by atoms with van der Waals surface area (Å²) >= 11 is 0. The molecule has 0 aromatic carbocycles. The van der Waals surface area contributed by atoms with Crippen LogP contribution in [0.2, 0.25) is 0 Å². The molecule has 1 aliphatic heterocycles. The van der Waals surface area contributed by atoms with E-state index in [0.29, 0.717) is 6.54 Å². The molecule has 6 nitrogen and oxygen atoms in total. The van der Waals surface area contributed by atoms with Crippen LogP contribution in [-0.4, -0.2) is 52.4 Å². The van der Waals surface area contributed by atoms with Crippen molar-refractivity contribution in [1.82, 2.24) is 25.6 Å². The highest BCUT2D eigenvalue weighted by molar-refractivity contribution is 5.81. The first kappa shape index (κ1) is 13.0. The number of nitrogens with zero attached hydrogens (tertiary/aromatic N) is 3. The summed E-state index contributed by atoms with van der Waals surface area (Å²) in [6, 6.07) is 0.0322. The lowest BCUT2D eigenvalue weighted by atomic mass is 10.1. The number of likely N-dealkylation sites (N-methyl/N-ethyl adjacent to an activating group) is 1. The van der Waals surface area contributed by atoms with E-state index in [1.165, 1.54) is 12.8 Å². The lowest BCUT2D eigenvalue weighted by Gasteiger charge is -2.24. The van der Waals surface area contributed by atoms with Crippen LogP contribution in [0.5, 0.6) is 0 Å². The average Bonchev–Trinajstić information content (AvgIpc) is 2.77. The largest absolute Gasteiger partial charge is 0.354 e. The molecular formula is C12H21N5O. The lowest BCUT2D eigenvalue weighted by molar-refractivity contribution is -0.126. The standard InChI is InChI=1S/C12H21N5O/c1-17-8-4-2-3-5-11(17)12(18)13-7-6-10-9-14-16-15-10/h9,11H,2-8H2,1H3,(H,13,18)(H,14,15,16). The van der Waals surface area contributed by atoms with Crippen LogP contribution < -0.4 is 5.32 Å². The van der Waals surface area contributed by atoms with E-state index in [-0.39, 0.29) is 11.9 Å².